The van der Waals surface area contributed by atoms with Gasteiger partial charge in [-0.25, -0.2) is 14.0 Å². The molecule has 1 spiro atoms. The highest BCUT2D eigenvalue weighted by Gasteiger charge is 2.54. The molecule has 122 valence electrons. The molecular formula is C15H17FN4O3. The van der Waals surface area contributed by atoms with E-state index < -0.39 is 23.5 Å². The van der Waals surface area contributed by atoms with Crippen molar-refractivity contribution < 1.29 is 19.1 Å². The first-order valence-corrected chi connectivity index (χ1v) is 7.30. The second kappa shape index (κ2) is 5.22. The van der Waals surface area contributed by atoms with Gasteiger partial charge in [0.2, 0.25) is 0 Å². The first-order chi connectivity index (χ1) is 10.8. The van der Waals surface area contributed by atoms with E-state index >= 15 is 0 Å². The van der Waals surface area contributed by atoms with Crippen LogP contribution in [0.15, 0.2) is 24.3 Å². The highest BCUT2D eigenvalue weighted by molar-refractivity contribution is 6.18. The second-order valence-electron chi connectivity index (χ2n) is 5.93. The van der Waals surface area contributed by atoms with Gasteiger partial charge in [-0.3, -0.25) is 15.6 Å². The van der Waals surface area contributed by atoms with Gasteiger partial charge in [-0.05, 0) is 38.0 Å². The lowest BCUT2D eigenvalue weighted by molar-refractivity contribution is 0.100. The maximum absolute atomic E-state index is 13.5. The molecule has 3 amide bonds. The fourth-order valence-corrected chi connectivity index (χ4v) is 3.51. The number of urea groups is 1. The number of amidine groups is 1. The van der Waals surface area contributed by atoms with Gasteiger partial charge in [0.25, 0.3) is 0 Å². The number of carbonyl (C=O) groups excluding carboxylic acids is 1. The van der Waals surface area contributed by atoms with Gasteiger partial charge in [0.1, 0.15) is 17.2 Å². The summed E-state index contributed by atoms with van der Waals surface area (Å²) in [7, 11) is 0. The number of amides is 3. The molecule has 1 aromatic carbocycles. The Morgan fingerprint density at radius 2 is 2.26 bits per heavy atom. The minimum Gasteiger partial charge on any atom is -0.465 e. The summed E-state index contributed by atoms with van der Waals surface area (Å²) in [5, 5.41) is 19.9. The highest BCUT2D eigenvalue weighted by Crippen LogP contribution is 2.39. The first-order valence-electron chi connectivity index (χ1n) is 7.30. The zero-order valence-electron chi connectivity index (χ0n) is 12.5. The SMILES string of the molecule is C[C@@H]1C[C@]2(CCN1C(=O)O)C(=N)NC(=O)N2c1cccc(F)c1. The van der Waals surface area contributed by atoms with Gasteiger partial charge in [0, 0.05) is 18.3 Å². The third-order valence-electron chi connectivity index (χ3n) is 4.57. The summed E-state index contributed by atoms with van der Waals surface area (Å²) in [5.74, 6) is -0.441. The predicted octanol–water partition coefficient (Wildman–Crippen LogP) is 2.23. The third-order valence-corrected chi connectivity index (χ3v) is 4.57. The van der Waals surface area contributed by atoms with Crippen LogP contribution >= 0.6 is 0 Å². The normalized spacial score (nSPS) is 27.5. The lowest BCUT2D eigenvalue weighted by atomic mass is 9.82. The third kappa shape index (κ3) is 2.30. The number of likely N-dealkylation sites (tertiary alicyclic amines) is 1. The Hall–Kier alpha value is -2.64. The van der Waals surface area contributed by atoms with E-state index in [0.29, 0.717) is 5.69 Å². The quantitative estimate of drug-likeness (QED) is 0.740. The molecule has 0 bridgehead atoms. The number of piperidine rings is 1. The Morgan fingerprint density at radius 1 is 1.52 bits per heavy atom. The van der Waals surface area contributed by atoms with Crippen molar-refractivity contribution in [1.29, 1.82) is 5.41 Å². The molecule has 8 heteroatoms. The molecule has 0 saturated carbocycles. The van der Waals surface area contributed by atoms with Crippen LogP contribution in [0.4, 0.5) is 19.7 Å². The average molecular weight is 320 g/mol. The van der Waals surface area contributed by atoms with Crippen molar-refractivity contribution in [3.8, 4) is 0 Å². The van der Waals surface area contributed by atoms with Gasteiger partial charge < -0.3 is 10.0 Å². The number of rotatable bonds is 1. The molecule has 2 aliphatic heterocycles. The lowest BCUT2D eigenvalue weighted by Crippen LogP contribution is -2.60. The zero-order chi connectivity index (χ0) is 16.8. The van der Waals surface area contributed by atoms with Crippen LogP contribution in [0.1, 0.15) is 19.8 Å². The van der Waals surface area contributed by atoms with Crippen LogP contribution in [0.3, 0.4) is 0 Å². The number of nitrogens with zero attached hydrogens (tertiary/aromatic N) is 2. The van der Waals surface area contributed by atoms with E-state index in [1.807, 2.05) is 0 Å². The van der Waals surface area contributed by atoms with Gasteiger partial charge in [-0.15, -0.1) is 0 Å². The maximum atomic E-state index is 13.5. The van der Waals surface area contributed by atoms with Crippen molar-refractivity contribution in [3.63, 3.8) is 0 Å². The Balaban J connectivity index is 2.00. The maximum Gasteiger partial charge on any atom is 0.407 e. The summed E-state index contributed by atoms with van der Waals surface area (Å²) in [6.45, 7) is 1.95. The summed E-state index contributed by atoms with van der Waals surface area (Å²) < 4.78 is 13.5. The lowest BCUT2D eigenvalue weighted by Gasteiger charge is -2.45. The fourth-order valence-electron chi connectivity index (χ4n) is 3.51. The van der Waals surface area contributed by atoms with Crippen molar-refractivity contribution in [1.82, 2.24) is 10.2 Å². The number of anilines is 1. The summed E-state index contributed by atoms with van der Waals surface area (Å²) in [6.07, 6.45) is -0.445. The molecule has 23 heavy (non-hydrogen) atoms. The van der Waals surface area contributed by atoms with E-state index in [2.05, 4.69) is 5.32 Å². The molecule has 3 N–H and O–H groups in total. The monoisotopic (exact) mass is 320 g/mol. The van der Waals surface area contributed by atoms with Gasteiger partial charge in [-0.1, -0.05) is 6.07 Å². The highest BCUT2D eigenvalue weighted by atomic mass is 19.1. The molecule has 2 aliphatic rings. The number of nitrogens with one attached hydrogen (secondary N) is 2. The van der Waals surface area contributed by atoms with Gasteiger partial charge in [-0.2, -0.15) is 0 Å². The minimum atomic E-state index is -1.02. The smallest absolute Gasteiger partial charge is 0.407 e. The van der Waals surface area contributed by atoms with Crippen LogP contribution in [0.25, 0.3) is 0 Å². The standard InChI is InChI=1S/C15H17FN4O3/c1-9-8-15(5-6-19(9)14(22)23)12(17)18-13(21)20(15)11-4-2-3-10(16)7-11/h2-4,7,9H,5-6,8H2,1H3,(H,22,23)(H2,17,18,21)/t9-,15-/m1/s1. The Kier molecular flexibility index (Phi) is 3.46. The van der Waals surface area contributed by atoms with Crippen LogP contribution in [0.2, 0.25) is 0 Å². The van der Waals surface area contributed by atoms with E-state index in [4.69, 9.17) is 5.41 Å². The van der Waals surface area contributed by atoms with Crippen LogP contribution in [-0.2, 0) is 0 Å². The van der Waals surface area contributed by atoms with Crippen LogP contribution in [-0.4, -0.2) is 46.1 Å². The van der Waals surface area contributed by atoms with Crippen molar-refractivity contribution >= 4 is 23.6 Å². The van der Waals surface area contributed by atoms with E-state index in [1.54, 1.807) is 13.0 Å². The van der Waals surface area contributed by atoms with Crippen LogP contribution in [0, 0.1) is 11.2 Å². The average Bonchev–Trinajstić information content (AvgIpc) is 2.69. The molecule has 1 aromatic rings. The minimum absolute atomic E-state index is 0.0312. The molecule has 2 atom stereocenters. The molecule has 0 aliphatic carbocycles. The van der Waals surface area contributed by atoms with Gasteiger partial charge >= 0.3 is 12.1 Å². The molecule has 2 fully saturated rings. The number of carboxylic acid groups (broad SMARTS) is 1. The summed E-state index contributed by atoms with van der Waals surface area (Å²) in [5.41, 5.74) is -0.600. The molecule has 7 nitrogen and oxygen atoms in total. The van der Waals surface area contributed by atoms with Crippen LogP contribution in [0.5, 0.6) is 0 Å². The topological polar surface area (TPSA) is 96.7 Å². The summed E-state index contributed by atoms with van der Waals surface area (Å²) in [4.78, 5) is 26.2. The Labute approximate surface area is 132 Å². The number of halogens is 1. The van der Waals surface area contributed by atoms with Crippen molar-refractivity contribution in [2.24, 2.45) is 0 Å². The first kappa shape index (κ1) is 15.3. The van der Waals surface area contributed by atoms with Gasteiger partial charge in [0.15, 0.2) is 0 Å². The number of hydrogen-bond acceptors (Lipinski definition) is 3. The van der Waals surface area contributed by atoms with Crippen molar-refractivity contribution in [3.05, 3.63) is 30.1 Å². The number of carbonyl (C=O) groups is 2. The second-order valence-corrected chi connectivity index (χ2v) is 5.93. The molecule has 0 radical (unpaired) electrons. The number of benzene rings is 1. The molecule has 0 unspecified atom stereocenters. The van der Waals surface area contributed by atoms with Crippen molar-refractivity contribution in [2.75, 3.05) is 11.4 Å². The molecule has 2 heterocycles. The van der Waals surface area contributed by atoms with E-state index in [1.165, 1.54) is 28.0 Å². The molecule has 0 aromatic heterocycles. The van der Waals surface area contributed by atoms with E-state index in [9.17, 15) is 19.1 Å². The Bertz CT molecular complexity index is 695. The summed E-state index contributed by atoms with van der Waals surface area (Å²) >= 11 is 0. The number of hydrogen-bond donors (Lipinski definition) is 3. The van der Waals surface area contributed by atoms with Crippen LogP contribution < -0.4 is 10.2 Å². The summed E-state index contributed by atoms with van der Waals surface area (Å²) in [6, 6.07) is 4.79. The zero-order valence-corrected chi connectivity index (χ0v) is 12.5. The fraction of sp³-hybridized carbons (Fsp3) is 0.400. The largest absolute Gasteiger partial charge is 0.465 e. The van der Waals surface area contributed by atoms with E-state index in [0.717, 1.165) is 0 Å². The molecule has 2 saturated heterocycles. The van der Waals surface area contributed by atoms with Gasteiger partial charge in [0.05, 0.1) is 0 Å². The molecular weight excluding hydrogens is 303 g/mol. The molecule has 3 rings (SSSR count). The van der Waals surface area contributed by atoms with Crippen molar-refractivity contribution in [2.45, 2.75) is 31.3 Å². The van der Waals surface area contributed by atoms with E-state index in [-0.39, 0.29) is 31.3 Å². The Morgan fingerprint density at radius 3 is 2.87 bits per heavy atom. The predicted molar refractivity (Wildman–Crippen MR) is 81.3 cm³/mol.